The van der Waals surface area contributed by atoms with Gasteiger partial charge in [-0.1, -0.05) is 18.0 Å². The van der Waals surface area contributed by atoms with Crippen LogP contribution in [0.25, 0.3) is 0 Å². The number of hydrogen-bond acceptors (Lipinski definition) is 3. The van der Waals surface area contributed by atoms with Crippen molar-refractivity contribution in [2.24, 2.45) is 10.9 Å². The van der Waals surface area contributed by atoms with Crippen molar-refractivity contribution in [3.8, 4) is 0 Å². The zero-order valence-electron chi connectivity index (χ0n) is 8.89. The molecule has 1 rings (SSSR count). The van der Waals surface area contributed by atoms with Crippen LogP contribution in [0.15, 0.2) is 5.16 Å². The molecule has 0 unspecified atom stereocenters. The van der Waals surface area contributed by atoms with E-state index in [1.807, 2.05) is 0 Å². The van der Waals surface area contributed by atoms with Crippen LogP contribution in [0.4, 0.5) is 0 Å². The topological polar surface area (TPSA) is 61.8 Å². The molecule has 0 aromatic rings. The molecule has 15 heavy (non-hydrogen) atoms. The predicted octanol–water partition coefficient (Wildman–Crippen LogP) is 1.84. The van der Waals surface area contributed by atoms with E-state index in [0.717, 1.165) is 6.54 Å². The fourth-order valence-electron chi connectivity index (χ4n) is 1.68. The summed E-state index contributed by atoms with van der Waals surface area (Å²) in [5.74, 6) is 0.337. The molecule has 1 heterocycles. The maximum Gasteiger partial charge on any atom is 0.140 e. The van der Waals surface area contributed by atoms with E-state index in [2.05, 4.69) is 10.1 Å². The summed E-state index contributed by atoms with van der Waals surface area (Å²) >= 11 is 0. The van der Waals surface area contributed by atoms with E-state index < -0.39 is 0 Å². The van der Waals surface area contributed by atoms with Gasteiger partial charge in [-0.15, -0.1) is 24.8 Å². The first-order chi connectivity index (χ1) is 6.33. The molecule has 0 aromatic carbocycles. The fraction of sp³-hybridized carbons (Fsp3) is 0.889. The van der Waals surface area contributed by atoms with Gasteiger partial charge in [0.05, 0.1) is 0 Å². The summed E-state index contributed by atoms with van der Waals surface area (Å²) in [5, 5.41) is 11.3. The summed E-state index contributed by atoms with van der Waals surface area (Å²) in [5.41, 5.74) is 5.40. The van der Waals surface area contributed by atoms with Crippen LogP contribution in [0.3, 0.4) is 0 Å². The Kier molecular flexibility index (Phi) is 11.9. The first-order valence-electron chi connectivity index (χ1n) is 5.01. The van der Waals surface area contributed by atoms with Gasteiger partial charge in [-0.2, -0.15) is 0 Å². The highest BCUT2D eigenvalue weighted by Crippen LogP contribution is 2.09. The van der Waals surface area contributed by atoms with Crippen molar-refractivity contribution in [2.45, 2.75) is 32.1 Å². The molecule has 0 radical (unpaired) electrons. The van der Waals surface area contributed by atoms with E-state index in [0.29, 0.717) is 12.3 Å². The van der Waals surface area contributed by atoms with Crippen LogP contribution in [-0.4, -0.2) is 35.6 Å². The normalized spacial score (nSPS) is 18.5. The molecule has 1 fully saturated rings. The van der Waals surface area contributed by atoms with Crippen molar-refractivity contribution in [1.82, 2.24) is 4.90 Å². The van der Waals surface area contributed by atoms with Crippen molar-refractivity contribution >= 4 is 30.6 Å². The van der Waals surface area contributed by atoms with E-state index in [4.69, 9.17) is 10.9 Å². The Labute approximate surface area is 104 Å². The Bertz CT molecular complexity index is 171. The van der Waals surface area contributed by atoms with Gasteiger partial charge >= 0.3 is 0 Å². The molecular weight excluding hydrogens is 237 g/mol. The lowest BCUT2D eigenvalue weighted by molar-refractivity contribution is 0.287. The van der Waals surface area contributed by atoms with Gasteiger partial charge in [0, 0.05) is 13.0 Å². The number of oxime groups is 1. The summed E-state index contributed by atoms with van der Waals surface area (Å²) in [6.45, 7) is 3.26. The third kappa shape index (κ3) is 7.71. The SMILES string of the molecule is Cl.Cl.NC(CCN1CCCCCC1)=NO. The average Bonchev–Trinajstić information content (AvgIpc) is 2.42. The second-order valence-corrected chi connectivity index (χ2v) is 3.60. The van der Waals surface area contributed by atoms with Crippen LogP contribution in [0.2, 0.25) is 0 Å². The maximum absolute atomic E-state index is 8.36. The lowest BCUT2D eigenvalue weighted by Crippen LogP contribution is -2.29. The molecule has 4 nitrogen and oxygen atoms in total. The second kappa shape index (κ2) is 10.3. The van der Waals surface area contributed by atoms with Crippen LogP contribution in [0.5, 0.6) is 0 Å². The van der Waals surface area contributed by atoms with Crippen LogP contribution in [0, 0.1) is 0 Å². The van der Waals surface area contributed by atoms with E-state index in [1.165, 1.54) is 38.8 Å². The van der Waals surface area contributed by atoms with Crippen molar-refractivity contribution < 1.29 is 5.21 Å². The molecule has 0 aromatic heterocycles. The smallest absolute Gasteiger partial charge is 0.140 e. The Hall–Kier alpha value is -0.190. The summed E-state index contributed by atoms with van der Waals surface area (Å²) in [7, 11) is 0. The van der Waals surface area contributed by atoms with Crippen molar-refractivity contribution in [1.29, 1.82) is 0 Å². The van der Waals surface area contributed by atoms with E-state index in [9.17, 15) is 0 Å². The van der Waals surface area contributed by atoms with Crippen molar-refractivity contribution in [3.63, 3.8) is 0 Å². The second-order valence-electron chi connectivity index (χ2n) is 3.60. The summed E-state index contributed by atoms with van der Waals surface area (Å²) < 4.78 is 0. The summed E-state index contributed by atoms with van der Waals surface area (Å²) in [6.07, 6.45) is 5.95. The zero-order valence-corrected chi connectivity index (χ0v) is 10.5. The lowest BCUT2D eigenvalue weighted by atomic mass is 10.2. The highest BCUT2D eigenvalue weighted by atomic mass is 35.5. The number of rotatable bonds is 3. The minimum absolute atomic E-state index is 0. The molecule has 1 aliphatic heterocycles. The van der Waals surface area contributed by atoms with Gasteiger partial charge in [0.1, 0.15) is 5.84 Å². The summed E-state index contributed by atoms with van der Waals surface area (Å²) in [6, 6.07) is 0. The first-order valence-corrected chi connectivity index (χ1v) is 5.01. The van der Waals surface area contributed by atoms with Gasteiger partial charge in [0.2, 0.25) is 0 Å². The minimum Gasteiger partial charge on any atom is -0.409 e. The number of likely N-dealkylation sites (tertiary alicyclic amines) is 1. The third-order valence-corrected chi connectivity index (χ3v) is 2.51. The van der Waals surface area contributed by atoms with Gasteiger partial charge in [0.15, 0.2) is 0 Å². The lowest BCUT2D eigenvalue weighted by Gasteiger charge is -2.18. The molecule has 0 atom stereocenters. The monoisotopic (exact) mass is 257 g/mol. The van der Waals surface area contributed by atoms with E-state index in [1.54, 1.807) is 0 Å². The van der Waals surface area contributed by atoms with Gasteiger partial charge in [-0.3, -0.25) is 0 Å². The van der Waals surface area contributed by atoms with Crippen molar-refractivity contribution in [2.75, 3.05) is 19.6 Å². The van der Waals surface area contributed by atoms with Gasteiger partial charge < -0.3 is 15.8 Å². The molecule has 1 aliphatic rings. The third-order valence-electron chi connectivity index (χ3n) is 2.51. The molecule has 92 valence electrons. The number of nitrogens with two attached hydrogens (primary N) is 1. The van der Waals surface area contributed by atoms with Crippen LogP contribution >= 0.6 is 24.8 Å². The zero-order chi connectivity index (χ0) is 9.52. The van der Waals surface area contributed by atoms with Crippen molar-refractivity contribution in [3.05, 3.63) is 0 Å². The molecule has 0 aliphatic carbocycles. The molecule has 0 saturated carbocycles. The predicted molar refractivity (Wildman–Crippen MR) is 67.4 cm³/mol. The number of hydrogen-bond donors (Lipinski definition) is 2. The highest BCUT2D eigenvalue weighted by molar-refractivity contribution is 5.85. The van der Waals surface area contributed by atoms with Crippen LogP contribution in [0.1, 0.15) is 32.1 Å². The van der Waals surface area contributed by atoms with Crippen LogP contribution < -0.4 is 5.73 Å². The largest absolute Gasteiger partial charge is 0.409 e. The van der Waals surface area contributed by atoms with Gasteiger partial charge in [-0.05, 0) is 25.9 Å². The Morgan fingerprint density at radius 1 is 1.13 bits per heavy atom. The highest BCUT2D eigenvalue weighted by Gasteiger charge is 2.08. The standard InChI is InChI=1S/C9H19N3O.2ClH/c10-9(11-13)5-8-12-6-3-1-2-4-7-12;;/h13H,1-8H2,(H2,10,11);2*1H. The Morgan fingerprint density at radius 3 is 2.13 bits per heavy atom. The number of nitrogens with zero attached hydrogens (tertiary/aromatic N) is 2. The fourth-order valence-corrected chi connectivity index (χ4v) is 1.68. The van der Waals surface area contributed by atoms with E-state index >= 15 is 0 Å². The molecule has 6 heteroatoms. The Balaban J connectivity index is 0. The molecule has 0 amide bonds. The quantitative estimate of drug-likeness (QED) is 0.351. The number of halogens is 2. The van der Waals surface area contributed by atoms with Gasteiger partial charge in [0.25, 0.3) is 0 Å². The number of amidine groups is 1. The summed E-state index contributed by atoms with van der Waals surface area (Å²) in [4.78, 5) is 2.39. The Morgan fingerprint density at radius 2 is 1.67 bits per heavy atom. The minimum atomic E-state index is 0. The molecule has 3 N–H and O–H groups in total. The average molecular weight is 258 g/mol. The molecule has 0 bridgehead atoms. The molecule has 0 spiro atoms. The van der Waals surface area contributed by atoms with E-state index in [-0.39, 0.29) is 24.8 Å². The maximum atomic E-state index is 8.36. The molecule has 1 saturated heterocycles. The van der Waals surface area contributed by atoms with Crippen LogP contribution in [-0.2, 0) is 0 Å². The van der Waals surface area contributed by atoms with Gasteiger partial charge in [-0.25, -0.2) is 0 Å². The molecular formula is C9H21Cl2N3O. The first kappa shape index (κ1) is 17.2.